The number of nitrogens with zero attached hydrogens (tertiary/aromatic N) is 3. The van der Waals surface area contributed by atoms with Crippen LogP contribution in [0.25, 0.3) is 0 Å². The van der Waals surface area contributed by atoms with Gasteiger partial charge in [0.25, 0.3) is 5.91 Å². The maximum absolute atomic E-state index is 12.0. The number of carbonyl (C=O) groups excluding carboxylic acids is 1. The summed E-state index contributed by atoms with van der Waals surface area (Å²) in [5.41, 5.74) is 1.53. The monoisotopic (exact) mass is 287 g/mol. The van der Waals surface area contributed by atoms with E-state index in [9.17, 15) is 4.79 Å². The first-order chi connectivity index (χ1) is 10.2. The lowest BCUT2D eigenvalue weighted by molar-refractivity contribution is 0.0947. The highest BCUT2D eigenvalue weighted by Gasteiger charge is 2.07. The molecule has 0 aliphatic carbocycles. The van der Waals surface area contributed by atoms with Crippen molar-refractivity contribution < 1.29 is 4.79 Å². The van der Waals surface area contributed by atoms with Crippen molar-refractivity contribution in [3.8, 4) is 0 Å². The van der Waals surface area contributed by atoms with Gasteiger partial charge >= 0.3 is 0 Å². The van der Waals surface area contributed by atoms with Gasteiger partial charge in [0.15, 0.2) is 0 Å². The summed E-state index contributed by atoms with van der Waals surface area (Å²) < 4.78 is 1.81. The molecule has 6 nitrogen and oxygen atoms in total. The molecule has 2 aromatic heterocycles. The van der Waals surface area contributed by atoms with Crippen molar-refractivity contribution in [1.82, 2.24) is 20.1 Å². The highest BCUT2D eigenvalue weighted by atomic mass is 16.1. The Labute approximate surface area is 124 Å². The predicted molar refractivity (Wildman–Crippen MR) is 82.3 cm³/mol. The number of rotatable bonds is 7. The summed E-state index contributed by atoms with van der Waals surface area (Å²) in [7, 11) is 0. The molecule has 0 fully saturated rings. The van der Waals surface area contributed by atoms with Gasteiger partial charge < -0.3 is 10.6 Å². The molecular weight excluding hydrogens is 266 g/mol. The van der Waals surface area contributed by atoms with E-state index in [0.717, 1.165) is 24.3 Å². The fourth-order valence-corrected chi connectivity index (χ4v) is 1.88. The summed E-state index contributed by atoms with van der Waals surface area (Å²) in [4.78, 5) is 16.3. The van der Waals surface area contributed by atoms with Crippen molar-refractivity contribution in [3.63, 3.8) is 0 Å². The van der Waals surface area contributed by atoms with E-state index in [4.69, 9.17) is 0 Å². The molecule has 1 amide bonds. The molecule has 2 heterocycles. The van der Waals surface area contributed by atoms with Crippen molar-refractivity contribution in [2.75, 3.05) is 18.4 Å². The molecule has 0 spiro atoms. The molecule has 0 saturated carbocycles. The first kappa shape index (κ1) is 15.0. The van der Waals surface area contributed by atoms with Crippen molar-refractivity contribution in [3.05, 3.63) is 41.9 Å². The van der Waals surface area contributed by atoms with E-state index < -0.39 is 0 Å². The fraction of sp³-hybridized carbons (Fsp3) is 0.400. The third-order valence-electron chi connectivity index (χ3n) is 2.93. The second kappa shape index (κ2) is 7.42. The van der Waals surface area contributed by atoms with E-state index in [1.807, 2.05) is 29.9 Å². The second-order valence-corrected chi connectivity index (χ2v) is 4.87. The van der Waals surface area contributed by atoms with Crippen molar-refractivity contribution >= 4 is 11.7 Å². The molecule has 0 atom stereocenters. The first-order valence-electron chi connectivity index (χ1n) is 7.17. The maximum Gasteiger partial charge on any atom is 0.270 e. The Morgan fingerprint density at radius 1 is 1.33 bits per heavy atom. The number of hydrogen-bond donors (Lipinski definition) is 2. The largest absolute Gasteiger partial charge is 0.370 e. The van der Waals surface area contributed by atoms with E-state index in [-0.39, 0.29) is 5.91 Å². The summed E-state index contributed by atoms with van der Waals surface area (Å²) >= 11 is 0. The van der Waals surface area contributed by atoms with E-state index in [2.05, 4.69) is 27.6 Å². The van der Waals surface area contributed by atoms with Crippen molar-refractivity contribution in [1.29, 1.82) is 0 Å². The van der Waals surface area contributed by atoms with Gasteiger partial charge in [-0.15, -0.1) is 0 Å². The molecule has 0 saturated heterocycles. The number of amides is 1. The van der Waals surface area contributed by atoms with Crippen molar-refractivity contribution in [2.24, 2.45) is 0 Å². The molecule has 0 radical (unpaired) electrons. The molecule has 0 unspecified atom stereocenters. The van der Waals surface area contributed by atoms with Gasteiger partial charge in [0.05, 0.1) is 12.7 Å². The van der Waals surface area contributed by atoms with Crippen LogP contribution in [0.1, 0.15) is 29.4 Å². The van der Waals surface area contributed by atoms with Crippen LogP contribution in [0.15, 0.2) is 30.6 Å². The molecule has 0 aliphatic rings. The zero-order valence-electron chi connectivity index (χ0n) is 12.5. The lowest BCUT2D eigenvalue weighted by atomic mass is 10.3. The molecule has 0 bridgehead atoms. The van der Waals surface area contributed by atoms with Crippen LogP contribution in [0.4, 0.5) is 5.82 Å². The van der Waals surface area contributed by atoms with Crippen molar-refractivity contribution in [2.45, 2.75) is 26.8 Å². The van der Waals surface area contributed by atoms with E-state index in [1.54, 1.807) is 12.3 Å². The summed E-state index contributed by atoms with van der Waals surface area (Å²) in [5.74, 6) is 0.561. The fourth-order valence-electron chi connectivity index (χ4n) is 1.88. The molecule has 21 heavy (non-hydrogen) atoms. The summed E-state index contributed by atoms with van der Waals surface area (Å²) in [6.45, 7) is 6.08. The number of nitrogens with one attached hydrogen (secondary N) is 2. The van der Waals surface area contributed by atoms with Crippen LogP contribution in [0.3, 0.4) is 0 Å². The van der Waals surface area contributed by atoms with Crippen LogP contribution >= 0.6 is 0 Å². The number of carbonyl (C=O) groups is 1. The Balaban J connectivity index is 1.85. The predicted octanol–water partition coefficient (Wildman–Crippen LogP) is 1.84. The summed E-state index contributed by atoms with van der Waals surface area (Å²) in [6, 6.07) is 5.40. The number of aryl methyl sites for hydroxylation is 1. The summed E-state index contributed by atoms with van der Waals surface area (Å²) in [6.07, 6.45) is 4.76. The lowest BCUT2D eigenvalue weighted by Gasteiger charge is -2.07. The Morgan fingerprint density at radius 2 is 2.19 bits per heavy atom. The average Bonchev–Trinajstić information content (AvgIpc) is 2.91. The highest BCUT2D eigenvalue weighted by Crippen LogP contribution is 2.04. The quantitative estimate of drug-likeness (QED) is 0.815. The minimum atomic E-state index is -0.168. The van der Waals surface area contributed by atoms with Crippen LogP contribution in [0.2, 0.25) is 0 Å². The van der Waals surface area contributed by atoms with Gasteiger partial charge in [-0.1, -0.05) is 13.0 Å². The molecular formula is C15H21N5O. The molecule has 2 N–H and O–H groups in total. The van der Waals surface area contributed by atoms with Gasteiger partial charge in [-0.05, 0) is 31.0 Å². The van der Waals surface area contributed by atoms with E-state index in [1.165, 1.54) is 0 Å². The van der Waals surface area contributed by atoms with Gasteiger partial charge in [0.2, 0.25) is 0 Å². The van der Waals surface area contributed by atoms with Gasteiger partial charge in [-0.3, -0.25) is 9.48 Å². The molecule has 0 aliphatic heterocycles. The van der Waals surface area contributed by atoms with E-state index >= 15 is 0 Å². The Morgan fingerprint density at radius 3 is 2.90 bits per heavy atom. The van der Waals surface area contributed by atoms with Crippen LogP contribution in [0.5, 0.6) is 0 Å². The van der Waals surface area contributed by atoms with Gasteiger partial charge in [-0.25, -0.2) is 4.98 Å². The van der Waals surface area contributed by atoms with Gasteiger partial charge in [0.1, 0.15) is 11.5 Å². The number of hydrogen-bond acceptors (Lipinski definition) is 4. The minimum Gasteiger partial charge on any atom is -0.370 e. The van der Waals surface area contributed by atoms with Crippen LogP contribution in [-0.2, 0) is 6.54 Å². The maximum atomic E-state index is 12.0. The zero-order valence-corrected chi connectivity index (χ0v) is 12.5. The number of anilines is 1. The molecule has 2 rings (SSSR count). The third-order valence-corrected chi connectivity index (χ3v) is 2.93. The SMILES string of the molecule is CCCNc1cccc(C(=O)NCCn2cc(C)cn2)n1. The number of aromatic nitrogens is 3. The average molecular weight is 287 g/mol. The van der Waals surface area contributed by atoms with E-state index in [0.29, 0.717) is 18.8 Å². The van der Waals surface area contributed by atoms with Crippen LogP contribution in [0, 0.1) is 6.92 Å². The standard InChI is InChI=1S/C15H21N5O/c1-3-7-16-14-6-4-5-13(19-14)15(21)17-8-9-20-11-12(2)10-18-20/h4-6,10-11H,3,7-9H2,1-2H3,(H,16,19)(H,17,21). The third kappa shape index (κ3) is 4.59. The first-order valence-corrected chi connectivity index (χ1v) is 7.17. The smallest absolute Gasteiger partial charge is 0.270 e. The lowest BCUT2D eigenvalue weighted by Crippen LogP contribution is -2.28. The van der Waals surface area contributed by atoms with Crippen LogP contribution < -0.4 is 10.6 Å². The molecule has 112 valence electrons. The normalized spacial score (nSPS) is 10.4. The Bertz CT molecular complexity index is 593. The van der Waals surface area contributed by atoms with Crippen LogP contribution in [-0.4, -0.2) is 33.8 Å². The highest BCUT2D eigenvalue weighted by molar-refractivity contribution is 5.92. The van der Waals surface area contributed by atoms with Gasteiger partial charge in [0, 0.05) is 19.3 Å². The molecule has 2 aromatic rings. The molecule has 6 heteroatoms. The Hall–Kier alpha value is -2.37. The Kier molecular flexibility index (Phi) is 5.31. The number of pyridine rings is 1. The van der Waals surface area contributed by atoms with Gasteiger partial charge in [-0.2, -0.15) is 5.10 Å². The topological polar surface area (TPSA) is 71.8 Å². The zero-order chi connectivity index (χ0) is 15.1. The second-order valence-electron chi connectivity index (χ2n) is 4.87. The minimum absolute atomic E-state index is 0.168. The summed E-state index contributed by atoms with van der Waals surface area (Å²) in [5, 5.41) is 10.2. The molecule has 0 aromatic carbocycles.